The van der Waals surface area contributed by atoms with Gasteiger partial charge in [0.2, 0.25) is 0 Å². The Morgan fingerprint density at radius 2 is 2.17 bits per heavy atom. The van der Waals surface area contributed by atoms with E-state index in [2.05, 4.69) is 26.1 Å². The van der Waals surface area contributed by atoms with Crippen LogP contribution in [0.4, 0.5) is 0 Å². The number of thioether (sulfide) groups is 1. The number of rotatable bonds is 10. The van der Waals surface area contributed by atoms with Crippen molar-refractivity contribution in [1.29, 1.82) is 0 Å². The molecule has 0 aromatic carbocycles. The molecule has 0 aromatic heterocycles. The van der Waals surface area contributed by atoms with Crippen molar-refractivity contribution in [2.45, 2.75) is 52.2 Å². The second-order valence-electron chi connectivity index (χ2n) is 5.24. The quantitative estimate of drug-likeness (QED) is 0.600. The van der Waals surface area contributed by atoms with Crippen LogP contribution >= 0.6 is 11.8 Å². The lowest BCUT2D eigenvalue weighted by molar-refractivity contribution is -0.125. The molecule has 1 saturated carbocycles. The molecule has 3 nitrogen and oxygen atoms in total. The van der Waals surface area contributed by atoms with E-state index in [4.69, 9.17) is 9.84 Å². The van der Waals surface area contributed by atoms with E-state index < -0.39 is 0 Å². The second kappa shape index (κ2) is 8.41. The third-order valence-electron chi connectivity index (χ3n) is 4.19. The average Bonchev–Trinajstić information content (AvgIpc) is 2.39. The van der Waals surface area contributed by atoms with E-state index in [-0.39, 0.29) is 0 Å². The minimum Gasteiger partial charge on any atom is -0.396 e. The molecular weight excluding hydrogens is 246 g/mol. The molecule has 3 atom stereocenters. The number of nitrogens with one attached hydrogen (secondary N) is 1. The van der Waals surface area contributed by atoms with Crippen LogP contribution < -0.4 is 5.32 Å². The Labute approximate surface area is 116 Å². The van der Waals surface area contributed by atoms with Crippen molar-refractivity contribution in [3.05, 3.63) is 0 Å². The largest absolute Gasteiger partial charge is 0.396 e. The normalized spacial score (nSPS) is 31.3. The van der Waals surface area contributed by atoms with Crippen molar-refractivity contribution in [2.75, 3.05) is 31.3 Å². The van der Waals surface area contributed by atoms with Crippen LogP contribution in [-0.4, -0.2) is 48.5 Å². The Bertz CT molecular complexity index is 228. The van der Waals surface area contributed by atoms with Gasteiger partial charge in [0.25, 0.3) is 0 Å². The Kier molecular flexibility index (Phi) is 7.61. The van der Waals surface area contributed by atoms with Crippen LogP contribution in [0.2, 0.25) is 0 Å². The van der Waals surface area contributed by atoms with Gasteiger partial charge in [0.05, 0.1) is 6.10 Å². The van der Waals surface area contributed by atoms with Gasteiger partial charge in [-0.15, -0.1) is 0 Å². The first-order chi connectivity index (χ1) is 8.69. The molecule has 108 valence electrons. The fourth-order valence-electron chi connectivity index (χ4n) is 2.64. The predicted molar refractivity (Wildman–Crippen MR) is 79.2 cm³/mol. The van der Waals surface area contributed by atoms with Crippen molar-refractivity contribution in [2.24, 2.45) is 5.41 Å². The lowest BCUT2D eigenvalue weighted by Gasteiger charge is -2.53. The first kappa shape index (κ1) is 16.3. The van der Waals surface area contributed by atoms with E-state index in [1.54, 1.807) is 0 Å². The minimum atomic E-state index is 0.311. The Hall–Kier alpha value is 0.230. The molecule has 0 saturated heterocycles. The zero-order valence-corrected chi connectivity index (χ0v) is 12.9. The first-order valence-electron chi connectivity index (χ1n) is 7.22. The Morgan fingerprint density at radius 3 is 2.78 bits per heavy atom. The van der Waals surface area contributed by atoms with Gasteiger partial charge in [-0.2, -0.15) is 11.8 Å². The summed E-state index contributed by atoms with van der Waals surface area (Å²) in [7, 11) is 0. The monoisotopic (exact) mass is 275 g/mol. The highest BCUT2D eigenvalue weighted by atomic mass is 32.2. The summed E-state index contributed by atoms with van der Waals surface area (Å²) in [6.45, 7) is 8.88. The van der Waals surface area contributed by atoms with E-state index >= 15 is 0 Å². The molecule has 1 rings (SSSR count). The van der Waals surface area contributed by atoms with Crippen LogP contribution in [-0.2, 0) is 4.74 Å². The molecule has 18 heavy (non-hydrogen) atoms. The molecule has 4 heteroatoms. The summed E-state index contributed by atoms with van der Waals surface area (Å²) in [5.74, 6) is 2.20. The van der Waals surface area contributed by atoms with Gasteiger partial charge in [-0.25, -0.2) is 0 Å². The zero-order valence-electron chi connectivity index (χ0n) is 12.1. The summed E-state index contributed by atoms with van der Waals surface area (Å²) in [5.41, 5.74) is 0.311. The van der Waals surface area contributed by atoms with Crippen molar-refractivity contribution in [1.82, 2.24) is 5.32 Å². The summed E-state index contributed by atoms with van der Waals surface area (Å²) in [6.07, 6.45) is 3.67. The van der Waals surface area contributed by atoms with Crippen molar-refractivity contribution >= 4 is 11.8 Å². The highest BCUT2D eigenvalue weighted by molar-refractivity contribution is 7.99. The van der Waals surface area contributed by atoms with Gasteiger partial charge in [-0.3, -0.25) is 0 Å². The van der Waals surface area contributed by atoms with Gasteiger partial charge >= 0.3 is 0 Å². The molecule has 0 aliphatic heterocycles. The molecule has 0 spiro atoms. The number of aliphatic hydroxyl groups is 1. The van der Waals surface area contributed by atoms with E-state index in [1.807, 2.05) is 11.8 Å². The van der Waals surface area contributed by atoms with E-state index in [0.717, 1.165) is 37.5 Å². The number of aliphatic hydroxyl groups excluding tert-OH is 1. The van der Waals surface area contributed by atoms with E-state index in [9.17, 15) is 0 Å². The highest BCUT2D eigenvalue weighted by Crippen LogP contribution is 2.45. The second-order valence-corrected chi connectivity index (χ2v) is 6.46. The summed E-state index contributed by atoms with van der Waals surface area (Å²) >= 11 is 1.92. The van der Waals surface area contributed by atoms with Crippen LogP contribution in [0.1, 0.15) is 40.0 Å². The van der Waals surface area contributed by atoms with Crippen LogP contribution in [0.15, 0.2) is 0 Å². The molecule has 0 heterocycles. The van der Waals surface area contributed by atoms with Crippen LogP contribution in [0.5, 0.6) is 0 Å². The summed E-state index contributed by atoms with van der Waals surface area (Å²) in [6, 6.07) is 0.609. The third-order valence-corrected chi connectivity index (χ3v) is 5.27. The maximum absolute atomic E-state index is 8.70. The van der Waals surface area contributed by atoms with E-state index in [1.165, 1.54) is 6.42 Å². The van der Waals surface area contributed by atoms with Crippen LogP contribution in [0.3, 0.4) is 0 Å². The van der Waals surface area contributed by atoms with Gasteiger partial charge in [0.1, 0.15) is 0 Å². The maximum Gasteiger partial charge on any atom is 0.0658 e. The summed E-state index contributed by atoms with van der Waals surface area (Å²) < 4.78 is 5.80. The van der Waals surface area contributed by atoms with Gasteiger partial charge in [-0.1, -0.05) is 13.8 Å². The molecule has 1 aliphatic carbocycles. The molecular formula is C14H29NO2S. The molecule has 0 aromatic rings. The summed E-state index contributed by atoms with van der Waals surface area (Å²) in [5, 5.41) is 12.4. The fourth-order valence-corrected chi connectivity index (χ4v) is 3.44. The topological polar surface area (TPSA) is 41.5 Å². The molecule has 0 radical (unpaired) electrons. The van der Waals surface area contributed by atoms with Crippen molar-refractivity contribution in [3.63, 3.8) is 0 Å². The molecule has 1 aliphatic rings. The van der Waals surface area contributed by atoms with Crippen LogP contribution in [0.25, 0.3) is 0 Å². The van der Waals surface area contributed by atoms with Gasteiger partial charge < -0.3 is 15.2 Å². The van der Waals surface area contributed by atoms with Gasteiger partial charge in [0, 0.05) is 37.0 Å². The number of ether oxygens (including phenoxy) is 1. The minimum absolute atomic E-state index is 0.311. The molecule has 2 N–H and O–H groups in total. The predicted octanol–water partition coefficient (Wildman–Crippen LogP) is 2.29. The molecule has 1 fully saturated rings. The van der Waals surface area contributed by atoms with Crippen molar-refractivity contribution < 1.29 is 9.84 Å². The zero-order chi connectivity index (χ0) is 13.4. The number of hydrogen-bond donors (Lipinski definition) is 2. The molecule has 0 amide bonds. The van der Waals surface area contributed by atoms with E-state index in [0.29, 0.717) is 24.2 Å². The SMILES string of the molecule is CCOC1CC(NCCSCCCO)C1(C)CC. The smallest absolute Gasteiger partial charge is 0.0658 e. The average molecular weight is 275 g/mol. The first-order valence-corrected chi connectivity index (χ1v) is 8.38. The summed E-state index contributed by atoms with van der Waals surface area (Å²) in [4.78, 5) is 0. The van der Waals surface area contributed by atoms with Crippen molar-refractivity contribution in [3.8, 4) is 0 Å². The fraction of sp³-hybridized carbons (Fsp3) is 1.00. The standard InChI is InChI=1S/C14H29NO2S/c1-4-14(3)12(11-13(14)17-5-2)15-7-10-18-9-6-8-16/h12-13,15-16H,4-11H2,1-3H3. The molecule has 0 bridgehead atoms. The van der Waals surface area contributed by atoms with Gasteiger partial charge in [-0.05, 0) is 31.9 Å². The molecule has 3 unspecified atom stereocenters. The Morgan fingerprint density at radius 1 is 1.39 bits per heavy atom. The lowest BCUT2D eigenvalue weighted by atomic mass is 9.61. The number of hydrogen-bond acceptors (Lipinski definition) is 4. The lowest BCUT2D eigenvalue weighted by Crippen LogP contribution is -2.62. The maximum atomic E-state index is 8.70. The third kappa shape index (κ3) is 4.12. The Balaban J connectivity index is 2.15. The highest BCUT2D eigenvalue weighted by Gasteiger charge is 2.50. The van der Waals surface area contributed by atoms with Gasteiger partial charge in [0.15, 0.2) is 0 Å². The van der Waals surface area contributed by atoms with Crippen LogP contribution in [0, 0.1) is 5.41 Å².